The third kappa shape index (κ3) is 2.64. The summed E-state index contributed by atoms with van der Waals surface area (Å²) in [6, 6.07) is 7.58. The van der Waals surface area contributed by atoms with Crippen molar-refractivity contribution in [1.29, 1.82) is 0 Å². The summed E-state index contributed by atoms with van der Waals surface area (Å²) >= 11 is 1.58. The van der Waals surface area contributed by atoms with Crippen molar-refractivity contribution in [3.05, 3.63) is 35.2 Å². The molecule has 0 aliphatic rings. The average Bonchev–Trinajstić information content (AvgIpc) is 2.87. The van der Waals surface area contributed by atoms with Crippen molar-refractivity contribution in [2.24, 2.45) is 0 Å². The van der Waals surface area contributed by atoms with E-state index in [0.717, 1.165) is 16.0 Å². The second kappa shape index (κ2) is 5.39. The van der Waals surface area contributed by atoms with Crippen LogP contribution in [0.4, 0.5) is 11.4 Å². The monoisotopic (exact) mass is 264 g/mol. The third-order valence-electron chi connectivity index (χ3n) is 2.74. The molecule has 1 aromatic heterocycles. The Morgan fingerprint density at radius 2 is 2.06 bits per heavy atom. The highest BCUT2D eigenvalue weighted by atomic mass is 32.1. The minimum absolute atomic E-state index is 0.265. The van der Waals surface area contributed by atoms with Gasteiger partial charge in [0, 0.05) is 16.9 Å². The molecule has 0 spiro atoms. The van der Waals surface area contributed by atoms with Gasteiger partial charge in [0.1, 0.15) is 0 Å². The molecule has 2 aromatic rings. The summed E-state index contributed by atoms with van der Waals surface area (Å²) in [5.74, 6) is 0. The van der Waals surface area contributed by atoms with Crippen molar-refractivity contribution in [3.63, 3.8) is 0 Å². The van der Waals surface area contributed by atoms with E-state index in [-0.39, 0.29) is 6.61 Å². The molecule has 0 fully saturated rings. The molecule has 1 aromatic carbocycles. The van der Waals surface area contributed by atoms with Gasteiger partial charge in [-0.15, -0.1) is 11.3 Å². The topological polar surface area (TPSA) is 92.5 Å². The van der Waals surface area contributed by atoms with Gasteiger partial charge in [-0.2, -0.15) is 0 Å². The van der Waals surface area contributed by atoms with Gasteiger partial charge in [-0.1, -0.05) is 6.07 Å². The fraction of sp³-hybridized carbons (Fsp3) is 0.231. The van der Waals surface area contributed by atoms with Gasteiger partial charge in [-0.25, -0.2) is 0 Å². The van der Waals surface area contributed by atoms with Crippen LogP contribution >= 0.6 is 11.3 Å². The fourth-order valence-electron chi connectivity index (χ4n) is 1.83. The zero-order valence-corrected chi connectivity index (χ0v) is 10.7. The van der Waals surface area contributed by atoms with Gasteiger partial charge in [0.2, 0.25) is 0 Å². The molecule has 18 heavy (non-hydrogen) atoms. The lowest BCUT2D eigenvalue weighted by Gasteiger charge is -2.12. The lowest BCUT2D eigenvalue weighted by Crippen LogP contribution is -2.15. The van der Waals surface area contributed by atoms with Crippen LogP contribution in [-0.2, 0) is 6.42 Å². The molecule has 0 radical (unpaired) electrons. The van der Waals surface area contributed by atoms with E-state index >= 15 is 0 Å². The molecular weight excluding hydrogens is 248 g/mol. The molecule has 0 saturated heterocycles. The van der Waals surface area contributed by atoms with Crippen molar-refractivity contribution in [1.82, 2.24) is 0 Å². The van der Waals surface area contributed by atoms with E-state index < -0.39 is 6.10 Å². The molecular formula is C13H16N2O2S. The lowest BCUT2D eigenvalue weighted by molar-refractivity contribution is 0.0955. The van der Waals surface area contributed by atoms with Crippen LogP contribution < -0.4 is 11.5 Å². The van der Waals surface area contributed by atoms with E-state index in [0.29, 0.717) is 17.8 Å². The summed E-state index contributed by atoms with van der Waals surface area (Å²) in [5.41, 5.74) is 14.7. The number of thiophene rings is 1. The van der Waals surface area contributed by atoms with Gasteiger partial charge in [0.05, 0.1) is 24.1 Å². The van der Waals surface area contributed by atoms with Gasteiger partial charge in [0.25, 0.3) is 0 Å². The SMILES string of the molecule is Nc1cc(CC(O)CO)cc(-c2cccs2)c1N. The Bertz CT molecular complexity index is 526. The highest BCUT2D eigenvalue weighted by Crippen LogP contribution is 2.34. The minimum Gasteiger partial charge on any atom is -0.397 e. The molecule has 0 aliphatic heterocycles. The number of hydrogen-bond acceptors (Lipinski definition) is 5. The number of nitrogens with two attached hydrogens (primary N) is 2. The van der Waals surface area contributed by atoms with Crippen molar-refractivity contribution in [2.45, 2.75) is 12.5 Å². The third-order valence-corrected chi connectivity index (χ3v) is 3.64. The van der Waals surface area contributed by atoms with Crippen molar-refractivity contribution < 1.29 is 10.2 Å². The van der Waals surface area contributed by atoms with E-state index in [1.165, 1.54) is 0 Å². The summed E-state index contributed by atoms with van der Waals surface area (Å²) in [5, 5.41) is 20.3. The Morgan fingerprint density at radius 3 is 2.67 bits per heavy atom. The van der Waals surface area contributed by atoms with Gasteiger partial charge in [-0.3, -0.25) is 0 Å². The standard InChI is InChI=1S/C13H16N2O2S/c14-11-6-8(4-9(17)7-16)5-10(13(11)15)12-2-1-3-18-12/h1-3,5-6,9,16-17H,4,7,14-15H2. The minimum atomic E-state index is -0.774. The Kier molecular flexibility index (Phi) is 3.86. The Balaban J connectivity index is 2.40. The predicted molar refractivity (Wildman–Crippen MR) is 75.4 cm³/mol. The predicted octanol–water partition coefficient (Wildman–Crippen LogP) is 1.48. The smallest absolute Gasteiger partial charge is 0.0811 e. The van der Waals surface area contributed by atoms with Crippen LogP contribution in [0.5, 0.6) is 0 Å². The quantitative estimate of drug-likeness (QED) is 0.629. The second-order valence-corrected chi connectivity index (χ2v) is 5.11. The van der Waals surface area contributed by atoms with Crippen LogP contribution in [0.25, 0.3) is 10.4 Å². The molecule has 6 N–H and O–H groups in total. The zero-order valence-electron chi connectivity index (χ0n) is 9.84. The number of aliphatic hydroxyl groups is 2. The summed E-state index contributed by atoms with van der Waals surface area (Å²) in [6.45, 7) is -0.265. The molecule has 0 bridgehead atoms. The average molecular weight is 264 g/mol. The molecule has 0 aliphatic carbocycles. The van der Waals surface area contributed by atoms with Crippen LogP contribution in [0.1, 0.15) is 5.56 Å². The molecule has 1 unspecified atom stereocenters. The largest absolute Gasteiger partial charge is 0.397 e. The first-order chi connectivity index (χ1) is 8.61. The van der Waals surface area contributed by atoms with E-state index in [2.05, 4.69) is 0 Å². The fourth-order valence-corrected chi connectivity index (χ4v) is 2.58. The Morgan fingerprint density at radius 1 is 1.28 bits per heavy atom. The first-order valence-electron chi connectivity index (χ1n) is 5.62. The van der Waals surface area contributed by atoms with Gasteiger partial charge < -0.3 is 21.7 Å². The van der Waals surface area contributed by atoms with Crippen LogP contribution in [0.15, 0.2) is 29.6 Å². The maximum atomic E-state index is 9.47. The Labute approximate surface area is 109 Å². The normalized spacial score (nSPS) is 12.6. The number of aliphatic hydroxyl groups excluding tert-OH is 2. The number of anilines is 2. The maximum Gasteiger partial charge on any atom is 0.0811 e. The number of rotatable bonds is 4. The molecule has 0 saturated carbocycles. The number of nitrogen functional groups attached to an aromatic ring is 2. The van der Waals surface area contributed by atoms with Crippen LogP contribution in [0, 0.1) is 0 Å². The Hall–Kier alpha value is -1.56. The van der Waals surface area contributed by atoms with E-state index in [9.17, 15) is 5.11 Å². The number of hydrogen-bond donors (Lipinski definition) is 4. The van der Waals surface area contributed by atoms with Crippen LogP contribution in [-0.4, -0.2) is 22.9 Å². The number of benzene rings is 1. The molecule has 96 valence electrons. The van der Waals surface area contributed by atoms with Gasteiger partial charge in [-0.05, 0) is 29.1 Å². The highest BCUT2D eigenvalue weighted by Gasteiger charge is 2.11. The molecule has 2 rings (SSSR count). The van der Waals surface area contributed by atoms with Crippen molar-refractivity contribution in [3.8, 4) is 10.4 Å². The molecule has 4 nitrogen and oxygen atoms in total. The summed E-state index contributed by atoms with van der Waals surface area (Å²) in [7, 11) is 0. The first-order valence-corrected chi connectivity index (χ1v) is 6.50. The van der Waals surface area contributed by atoms with Crippen molar-refractivity contribution in [2.75, 3.05) is 18.1 Å². The maximum absolute atomic E-state index is 9.47. The summed E-state index contributed by atoms with van der Waals surface area (Å²) in [4.78, 5) is 1.04. The first kappa shape index (κ1) is 12.9. The van der Waals surface area contributed by atoms with Gasteiger partial charge >= 0.3 is 0 Å². The van der Waals surface area contributed by atoms with E-state index in [1.54, 1.807) is 17.4 Å². The van der Waals surface area contributed by atoms with Gasteiger partial charge in [0.15, 0.2) is 0 Å². The second-order valence-electron chi connectivity index (χ2n) is 4.16. The van der Waals surface area contributed by atoms with E-state index in [1.807, 2.05) is 23.6 Å². The molecule has 1 atom stereocenters. The van der Waals surface area contributed by atoms with Crippen LogP contribution in [0.2, 0.25) is 0 Å². The highest BCUT2D eigenvalue weighted by molar-refractivity contribution is 7.13. The molecule has 5 heteroatoms. The zero-order chi connectivity index (χ0) is 13.1. The van der Waals surface area contributed by atoms with Crippen LogP contribution in [0.3, 0.4) is 0 Å². The molecule has 1 heterocycles. The lowest BCUT2D eigenvalue weighted by atomic mass is 10.0. The summed E-state index contributed by atoms with van der Waals surface area (Å²) < 4.78 is 0. The summed E-state index contributed by atoms with van der Waals surface area (Å²) in [6.07, 6.45) is -0.413. The molecule has 0 amide bonds. The van der Waals surface area contributed by atoms with E-state index in [4.69, 9.17) is 16.6 Å². The van der Waals surface area contributed by atoms with Crippen molar-refractivity contribution >= 4 is 22.7 Å².